The molecule has 12 heteroatoms. The van der Waals surface area contributed by atoms with Crippen molar-refractivity contribution >= 4 is 62.3 Å². The molecule has 4 aromatic rings. The highest BCUT2D eigenvalue weighted by Crippen LogP contribution is 2.30. The van der Waals surface area contributed by atoms with Crippen LogP contribution in [0.3, 0.4) is 0 Å². The molecule has 8 nitrogen and oxygen atoms in total. The Morgan fingerprint density at radius 2 is 1.47 bits per heavy atom. The number of amides is 2. The summed E-state index contributed by atoms with van der Waals surface area (Å²) in [5, 5.41) is 3.88. The summed E-state index contributed by atoms with van der Waals surface area (Å²) >= 11 is 19.2. The van der Waals surface area contributed by atoms with Crippen LogP contribution in [0.4, 0.5) is 5.69 Å². The van der Waals surface area contributed by atoms with E-state index in [9.17, 15) is 18.0 Å². The zero-order valence-electron chi connectivity index (χ0n) is 26.0. The van der Waals surface area contributed by atoms with Crippen LogP contribution in [0.5, 0.6) is 5.75 Å². The number of rotatable bonds is 15. The van der Waals surface area contributed by atoms with Crippen molar-refractivity contribution in [2.75, 3.05) is 24.0 Å². The van der Waals surface area contributed by atoms with E-state index >= 15 is 0 Å². The number of hydrogen-bond donors (Lipinski definition) is 1. The number of nitrogens with one attached hydrogen (secondary N) is 1. The molecule has 1 atom stereocenters. The predicted octanol–water partition coefficient (Wildman–Crippen LogP) is 7.41. The molecule has 0 unspecified atom stereocenters. The van der Waals surface area contributed by atoms with Crippen molar-refractivity contribution in [3.63, 3.8) is 0 Å². The van der Waals surface area contributed by atoms with Crippen LogP contribution < -0.4 is 14.4 Å². The van der Waals surface area contributed by atoms with Gasteiger partial charge < -0.3 is 15.0 Å². The van der Waals surface area contributed by atoms with Gasteiger partial charge in [-0.2, -0.15) is 0 Å². The lowest BCUT2D eigenvalue weighted by Gasteiger charge is -2.34. The van der Waals surface area contributed by atoms with E-state index in [2.05, 4.69) is 5.32 Å². The fraction of sp³-hybridized carbons (Fsp3) is 0.257. The molecule has 0 aliphatic carbocycles. The summed E-state index contributed by atoms with van der Waals surface area (Å²) < 4.78 is 34.9. The number of sulfonamides is 1. The zero-order chi connectivity index (χ0) is 34.0. The zero-order valence-corrected chi connectivity index (χ0v) is 29.1. The van der Waals surface area contributed by atoms with Crippen molar-refractivity contribution in [2.24, 2.45) is 0 Å². The first-order valence-electron chi connectivity index (χ1n) is 15.1. The number of carbonyl (C=O) groups is 2. The van der Waals surface area contributed by atoms with Gasteiger partial charge in [0.05, 0.1) is 17.2 Å². The lowest BCUT2D eigenvalue weighted by molar-refractivity contribution is -0.140. The second-order valence-corrected chi connectivity index (χ2v) is 13.7. The van der Waals surface area contributed by atoms with Crippen LogP contribution in [0.25, 0.3) is 0 Å². The van der Waals surface area contributed by atoms with Crippen molar-refractivity contribution in [1.82, 2.24) is 10.2 Å². The first-order valence-corrected chi connectivity index (χ1v) is 17.7. The quantitative estimate of drug-likeness (QED) is 0.138. The van der Waals surface area contributed by atoms with E-state index < -0.39 is 28.5 Å². The van der Waals surface area contributed by atoms with Crippen LogP contribution in [-0.4, -0.2) is 50.9 Å². The highest BCUT2D eigenvalue weighted by Gasteiger charge is 2.35. The SMILES string of the molecule is CCCNC(=O)[C@@H](Cc1ccccc1)N(Cc1c(Cl)cccc1Cl)C(=O)CN(c1ccc(OCC)cc1)S(=O)(=O)c1ccc(Cl)cc1. The van der Waals surface area contributed by atoms with Gasteiger partial charge in [0.2, 0.25) is 11.8 Å². The first kappa shape index (κ1) is 36.1. The average Bonchev–Trinajstić information content (AvgIpc) is 3.06. The maximum Gasteiger partial charge on any atom is 0.264 e. The molecule has 0 saturated carbocycles. The maximum atomic E-state index is 14.6. The summed E-state index contributed by atoms with van der Waals surface area (Å²) in [4.78, 5) is 29.6. The van der Waals surface area contributed by atoms with Crippen molar-refractivity contribution < 1.29 is 22.7 Å². The molecule has 0 aliphatic rings. The van der Waals surface area contributed by atoms with E-state index in [-0.39, 0.29) is 29.5 Å². The molecule has 248 valence electrons. The highest BCUT2D eigenvalue weighted by atomic mass is 35.5. The number of ether oxygens (including phenoxy) is 1. The van der Waals surface area contributed by atoms with Crippen molar-refractivity contribution in [3.8, 4) is 5.75 Å². The van der Waals surface area contributed by atoms with Crippen LogP contribution >= 0.6 is 34.8 Å². The summed E-state index contributed by atoms with van der Waals surface area (Å²) in [5.41, 5.74) is 1.46. The van der Waals surface area contributed by atoms with Gasteiger partial charge in [0.25, 0.3) is 10.0 Å². The molecule has 0 aliphatic heterocycles. The van der Waals surface area contributed by atoms with Gasteiger partial charge in [-0.15, -0.1) is 0 Å². The predicted molar refractivity (Wildman–Crippen MR) is 188 cm³/mol. The molecule has 0 spiro atoms. The number of halogens is 3. The normalized spacial score (nSPS) is 11.9. The van der Waals surface area contributed by atoms with Gasteiger partial charge in [0, 0.05) is 40.1 Å². The number of hydrogen-bond acceptors (Lipinski definition) is 5. The average molecular weight is 717 g/mol. The highest BCUT2D eigenvalue weighted by molar-refractivity contribution is 7.92. The molecule has 0 fully saturated rings. The molecular formula is C35H36Cl3N3O5S. The molecule has 2 amide bonds. The molecule has 4 aromatic carbocycles. The third-order valence-electron chi connectivity index (χ3n) is 7.33. The van der Waals surface area contributed by atoms with Crippen LogP contribution in [0, 0.1) is 0 Å². The van der Waals surface area contributed by atoms with E-state index in [0.29, 0.717) is 46.0 Å². The monoisotopic (exact) mass is 715 g/mol. The van der Waals surface area contributed by atoms with Gasteiger partial charge in [-0.3, -0.25) is 13.9 Å². The lowest BCUT2D eigenvalue weighted by atomic mass is 10.0. The van der Waals surface area contributed by atoms with E-state index in [1.54, 1.807) is 42.5 Å². The Morgan fingerprint density at radius 1 is 0.830 bits per heavy atom. The number of carbonyl (C=O) groups excluding carboxylic acids is 2. The standard InChI is InChI=1S/C35H36Cl3N3O5S/c1-3-21-39-35(43)33(22-25-9-6-5-7-10-25)40(23-30-31(37)11-8-12-32(30)38)34(42)24-41(27-15-17-28(18-16-27)46-4-2)47(44,45)29-19-13-26(36)14-20-29/h5-20,33H,3-4,21-24H2,1-2H3,(H,39,43)/t33-/m1/s1. The molecule has 47 heavy (non-hydrogen) atoms. The van der Waals surface area contributed by atoms with E-state index in [0.717, 1.165) is 9.87 Å². The fourth-order valence-electron chi connectivity index (χ4n) is 4.91. The maximum absolute atomic E-state index is 14.6. The number of anilines is 1. The Morgan fingerprint density at radius 3 is 2.06 bits per heavy atom. The summed E-state index contributed by atoms with van der Waals surface area (Å²) in [7, 11) is -4.30. The van der Waals surface area contributed by atoms with E-state index in [1.807, 2.05) is 44.2 Å². The minimum atomic E-state index is -4.30. The van der Waals surface area contributed by atoms with Crippen LogP contribution in [0.2, 0.25) is 15.1 Å². The summed E-state index contributed by atoms with van der Waals surface area (Å²) in [6.07, 6.45) is 0.843. The summed E-state index contributed by atoms with van der Waals surface area (Å²) in [5.74, 6) is -0.489. The van der Waals surface area contributed by atoms with Gasteiger partial charge in [0.15, 0.2) is 0 Å². The summed E-state index contributed by atoms with van der Waals surface area (Å²) in [6, 6.07) is 25.3. The third kappa shape index (κ3) is 9.41. The Balaban J connectivity index is 1.83. The molecule has 4 rings (SSSR count). The van der Waals surface area contributed by atoms with Gasteiger partial charge in [0.1, 0.15) is 18.3 Å². The Bertz CT molecular complexity index is 1740. The van der Waals surface area contributed by atoms with E-state index in [4.69, 9.17) is 39.5 Å². The molecular weight excluding hydrogens is 681 g/mol. The minimum absolute atomic E-state index is 0.0641. The smallest absolute Gasteiger partial charge is 0.264 e. The second-order valence-electron chi connectivity index (χ2n) is 10.6. The van der Waals surface area contributed by atoms with Gasteiger partial charge in [-0.05, 0) is 79.6 Å². The lowest BCUT2D eigenvalue weighted by Crippen LogP contribution is -2.53. The van der Waals surface area contributed by atoms with Crippen molar-refractivity contribution in [3.05, 3.63) is 123 Å². The fourth-order valence-corrected chi connectivity index (χ4v) is 6.97. The topological polar surface area (TPSA) is 96.0 Å². The van der Waals surface area contributed by atoms with Gasteiger partial charge in [-0.25, -0.2) is 8.42 Å². The third-order valence-corrected chi connectivity index (χ3v) is 10.1. The number of benzene rings is 4. The van der Waals surface area contributed by atoms with Crippen LogP contribution in [0.1, 0.15) is 31.4 Å². The molecule has 0 bridgehead atoms. The first-order chi connectivity index (χ1) is 22.5. The minimum Gasteiger partial charge on any atom is -0.494 e. The molecule has 0 aromatic heterocycles. The van der Waals surface area contributed by atoms with Crippen molar-refractivity contribution in [2.45, 2.75) is 44.2 Å². The summed E-state index contributed by atoms with van der Waals surface area (Å²) in [6.45, 7) is 3.80. The van der Waals surface area contributed by atoms with Crippen LogP contribution in [-0.2, 0) is 32.6 Å². The Kier molecular flexibility index (Phi) is 13.0. The molecule has 0 radical (unpaired) electrons. The van der Waals surface area contributed by atoms with Gasteiger partial charge in [-0.1, -0.05) is 78.1 Å². The van der Waals surface area contributed by atoms with Crippen molar-refractivity contribution in [1.29, 1.82) is 0 Å². The molecule has 1 N–H and O–H groups in total. The Hall–Kier alpha value is -3.76. The second kappa shape index (κ2) is 16.9. The van der Waals surface area contributed by atoms with Gasteiger partial charge >= 0.3 is 0 Å². The van der Waals surface area contributed by atoms with E-state index in [1.165, 1.54) is 29.2 Å². The Labute approximate surface area is 291 Å². The largest absolute Gasteiger partial charge is 0.494 e. The molecule has 0 heterocycles. The molecule has 0 saturated heterocycles. The van der Waals surface area contributed by atoms with Crippen LogP contribution in [0.15, 0.2) is 102 Å². The number of nitrogens with zero attached hydrogens (tertiary/aromatic N) is 2.